The zero-order valence-corrected chi connectivity index (χ0v) is 19.9. The number of aryl methyl sites for hydroxylation is 3. The summed E-state index contributed by atoms with van der Waals surface area (Å²) in [6, 6.07) is 14.0. The highest BCUT2D eigenvalue weighted by atomic mass is 35.5. The average molecular weight is 481 g/mol. The van der Waals surface area contributed by atoms with Gasteiger partial charge in [-0.1, -0.05) is 35.3 Å². The number of benzene rings is 2. The Morgan fingerprint density at radius 3 is 2.55 bits per heavy atom. The lowest BCUT2D eigenvalue weighted by Crippen LogP contribution is -2.28. The van der Waals surface area contributed by atoms with Gasteiger partial charge >= 0.3 is 6.03 Å². The predicted molar refractivity (Wildman–Crippen MR) is 134 cm³/mol. The third-order valence-electron chi connectivity index (χ3n) is 5.47. The van der Waals surface area contributed by atoms with Crippen molar-refractivity contribution < 1.29 is 4.79 Å². The van der Waals surface area contributed by atoms with Crippen molar-refractivity contribution in [2.75, 3.05) is 5.32 Å². The molecule has 0 unspecified atom stereocenters. The Labute approximate surface area is 201 Å². The monoisotopic (exact) mass is 480 g/mol. The number of aromatic nitrogens is 2. The molecule has 4 rings (SSSR count). The summed E-state index contributed by atoms with van der Waals surface area (Å²) in [4.78, 5) is 29.9. The largest absolute Gasteiger partial charge is 0.334 e. The number of hydrogen-bond acceptors (Lipinski definition) is 3. The quantitative estimate of drug-likeness (QED) is 0.384. The fraction of sp³-hybridized carbons (Fsp3) is 0.160. The lowest BCUT2D eigenvalue weighted by molar-refractivity contribution is 0.251. The Balaban J connectivity index is 1.59. The van der Waals surface area contributed by atoms with Crippen LogP contribution in [-0.4, -0.2) is 15.6 Å². The van der Waals surface area contributed by atoms with Gasteiger partial charge < -0.3 is 15.2 Å². The van der Waals surface area contributed by atoms with E-state index in [1.54, 1.807) is 48.1 Å². The number of amides is 2. The Bertz CT molecular complexity index is 1450. The number of carbonyl (C=O) groups is 1. The summed E-state index contributed by atoms with van der Waals surface area (Å²) in [6.45, 7) is 4.11. The van der Waals surface area contributed by atoms with Crippen molar-refractivity contribution >= 4 is 45.8 Å². The zero-order valence-electron chi connectivity index (χ0n) is 18.4. The molecule has 2 amide bonds. The van der Waals surface area contributed by atoms with Gasteiger partial charge in [-0.05, 0) is 66.9 Å². The number of pyridine rings is 2. The normalized spacial score (nSPS) is 10.9. The van der Waals surface area contributed by atoms with Gasteiger partial charge in [0.25, 0.3) is 5.56 Å². The first-order valence-corrected chi connectivity index (χ1v) is 11.0. The van der Waals surface area contributed by atoms with Crippen molar-refractivity contribution in [2.24, 2.45) is 7.05 Å². The Morgan fingerprint density at radius 1 is 1.00 bits per heavy atom. The summed E-state index contributed by atoms with van der Waals surface area (Å²) >= 11 is 12.0. The summed E-state index contributed by atoms with van der Waals surface area (Å²) in [6.07, 6.45) is 1.77. The lowest BCUT2D eigenvalue weighted by atomic mass is 9.99. The van der Waals surface area contributed by atoms with Gasteiger partial charge in [0, 0.05) is 42.1 Å². The molecule has 0 aliphatic rings. The summed E-state index contributed by atoms with van der Waals surface area (Å²) in [5.41, 5.74) is 5.18. The van der Waals surface area contributed by atoms with Crippen LogP contribution >= 0.6 is 23.2 Å². The van der Waals surface area contributed by atoms with Crippen LogP contribution in [0.15, 0.2) is 59.5 Å². The minimum atomic E-state index is -0.373. The highest BCUT2D eigenvalue weighted by molar-refractivity contribution is 6.42. The second-order valence-electron chi connectivity index (χ2n) is 7.89. The molecule has 0 aliphatic carbocycles. The van der Waals surface area contributed by atoms with Crippen LogP contribution in [0.2, 0.25) is 10.0 Å². The van der Waals surface area contributed by atoms with E-state index in [4.69, 9.17) is 23.2 Å². The van der Waals surface area contributed by atoms with Crippen molar-refractivity contribution in [3.05, 3.63) is 91.9 Å². The van der Waals surface area contributed by atoms with Crippen LogP contribution in [0.4, 0.5) is 10.5 Å². The Hall–Kier alpha value is -3.35. The van der Waals surface area contributed by atoms with Crippen LogP contribution in [-0.2, 0) is 13.6 Å². The molecule has 0 saturated heterocycles. The molecule has 2 aromatic carbocycles. The second-order valence-corrected chi connectivity index (χ2v) is 8.71. The first-order valence-electron chi connectivity index (χ1n) is 10.3. The Kier molecular flexibility index (Phi) is 6.40. The molecule has 8 heteroatoms. The van der Waals surface area contributed by atoms with E-state index in [1.165, 1.54) is 0 Å². The topological polar surface area (TPSA) is 76.0 Å². The third kappa shape index (κ3) is 4.87. The van der Waals surface area contributed by atoms with Crippen LogP contribution in [0.1, 0.15) is 16.8 Å². The molecule has 0 atom stereocenters. The minimum absolute atomic E-state index is 0.114. The second kappa shape index (κ2) is 9.25. The summed E-state index contributed by atoms with van der Waals surface area (Å²) < 4.78 is 1.63. The first-order chi connectivity index (χ1) is 15.7. The van der Waals surface area contributed by atoms with Crippen LogP contribution in [0.5, 0.6) is 0 Å². The van der Waals surface area contributed by atoms with Gasteiger partial charge in [0.1, 0.15) is 0 Å². The van der Waals surface area contributed by atoms with Crippen LogP contribution < -0.4 is 16.2 Å². The van der Waals surface area contributed by atoms with Gasteiger partial charge in [-0.25, -0.2) is 4.79 Å². The maximum absolute atomic E-state index is 13.1. The van der Waals surface area contributed by atoms with Crippen molar-refractivity contribution in [2.45, 2.75) is 20.4 Å². The molecule has 0 radical (unpaired) electrons. The molecule has 0 bridgehead atoms. The SMILES string of the molecule is Cc1cc2c(cn1)cc(-c1cc(NC(=O)NCc3ccc(Cl)c(Cl)c3)ccc1C)c(=O)n2C. The minimum Gasteiger partial charge on any atom is -0.334 e. The fourth-order valence-corrected chi connectivity index (χ4v) is 3.98. The van der Waals surface area contributed by atoms with E-state index in [2.05, 4.69) is 15.6 Å². The molecule has 2 aromatic heterocycles. The summed E-state index contributed by atoms with van der Waals surface area (Å²) in [7, 11) is 1.75. The van der Waals surface area contributed by atoms with Crippen molar-refractivity contribution in [1.82, 2.24) is 14.9 Å². The highest BCUT2D eigenvalue weighted by Gasteiger charge is 2.13. The molecule has 6 nitrogen and oxygen atoms in total. The van der Waals surface area contributed by atoms with E-state index >= 15 is 0 Å². The Morgan fingerprint density at radius 2 is 1.79 bits per heavy atom. The van der Waals surface area contributed by atoms with Crippen molar-refractivity contribution in [1.29, 1.82) is 0 Å². The molecule has 168 valence electrons. The molecule has 2 N–H and O–H groups in total. The highest BCUT2D eigenvalue weighted by Crippen LogP contribution is 2.27. The van der Waals surface area contributed by atoms with Crippen LogP contribution in [0.3, 0.4) is 0 Å². The zero-order chi connectivity index (χ0) is 23.7. The molecule has 0 aliphatic heterocycles. The number of nitrogens with one attached hydrogen (secondary N) is 2. The van der Waals surface area contributed by atoms with E-state index in [1.807, 2.05) is 32.0 Å². The van der Waals surface area contributed by atoms with Gasteiger partial charge in [-0.3, -0.25) is 9.78 Å². The number of anilines is 1. The molecule has 0 fully saturated rings. The molecule has 0 saturated carbocycles. The number of urea groups is 1. The number of hydrogen-bond donors (Lipinski definition) is 2. The first kappa shape index (κ1) is 22.8. The summed E-state index contributed by atoms with van der Waals surface area (Å²) in [5, 5.41) is 7.38. The smallest absolute Gasteiger partial charge is 0.319 e. The summed E-state index contributed by atoms with van der Waals surface area (Å²) in [5.74, 6) is 0. The number of halogens is 2. The van der Waals surface area contributed by atoms with Crippen molar-refractivity contribution in [3.8, 4) is 11.1 Å². The maximum Gasteiger partial charge on any atom is 0.319 e. The predicted octanol–water partition coefficient (Wildman–Crippen LogP) is 5.85. The molecule has 33 heavy (non-hydrogen) atoms. The van der Waals surface area contributed by atoms with Gasteiger partial charge in [0.15, 0.2) is 0 Å². The van der Waals surface area contributed by atoms with Gasteiger partial charge in [0.05, 0.1) is 15.6 Å². The fourth-order valence-electron chi connectivity index (χ4n) is 3.66. The van der Waals surface area contributed by atoms with E-state index < -0.39 is 0 Å². The molecular formula is C25H22Cl2N4O2. The number of fused-ring (bicyclic) bond motifs is 1. The van der Waals surface area contributed by atoms with E-state index in [0.29, 0.717) is 27.8 Å². The number of nitrogens with zero attached hydrogens (tertiary/aromatic N) is 2. The van der Waals surface area contributed by atoms with Crippen molar-refractivity contribution in [3.63, 3.8) is 0 Å². The number of carbonyl (C=O) groups excluding carboxylic acids is 1. The van der Waals surface area contributed by atoms with E-state index in [-0.39, 0.29) is 11.6 Å². The standard InChI is InChI=1S/C25H22Cl2N4O2/c1-14-4-6-18(30-25(33)29-12-16-5-7-21(26)22(27)9-16)11-19(14)20-10-17-13-28-15(2)8-23(17)31(3)24(20)32/h4-11,13H,12H2,1-3H3,(H2,29,30,33). The van der Waals surface area contributed by atoms with E-state index in [0.717, 1.165) is 33.3 Å². The molecule has 4 aromatic rings. The average Bonchev–Trinajstić information content (AvgIpc) is 2.79. The number of rotatable bonds is 4. The molecule has 2 heterocycles. The van der Waals surface area contributed by atoms with E-state index in [9.17, 15) is 9.59 Å². The third-order valence-corrected chi connectivity index (χ3v) is 6.21. The van der Waals surface area contributed by atoms with Crippen LogP contribution in [0, 0.1) is 13.8 Å². The maximum atomic E-state index is 13.1. The van der Waals surface area contributed by atoms with Crippen LogP contribution in [0.25, 0.3) is 22.0 Å². The van der Waals surface area contributed by atoms with Gasteiger partial charge in [-0.2, -0.15) is 0 Å². The van der Waals surface area contributed by atoms with Gasteiger partial charge in [-0.15, -0.1) is 0 Å². The molecule has 0 spiro atoms. The molecular weight excluding hydrogens is 459 g/mol. The van der Waals surface area contributed by atoms with Gasteiger partial charge in [0.2, 0.25) is 0 Å². The lowest BCUT2D eigenvalue weighted by Gasteiger charge is -2.13.